The Morgan fingerprint density at radius 2 is 1.85 bits per heavy atom. The highest BCUT2D eigenvalue weighted by Crippen LogP contribution is 2.40. The first kappa shape index (κ1) is 13.0. The summed E-state index contributed by atoms with van der Waals surface area (Å²) in [7, 11) is 1.99. The molecule has 0 unspecified atom stereocenters. The summed E-state index contributed by atoms with van der Waals surface area (Å²) in [6.45, 7) is 8.80. The second-order valence-electron chi connectivity index (χ2n) is 5.48. The first-order valence-electron chi connectivity index (χ1n) is 7.28. The second kappa shape index (κ2) is 4.82. The van der Waals surface area contributed by atoms with E-state index in [0.29, 0.717) is 0 Å². The van der Waals surface area contributed by atoms with Crippen molar-refractivity contribution in [2.24, 2.45) is 0 Å². The minimum Gasteiger partial charge on any atom is -0.388 e. The molecule has 0 amide bonds. The molecule has 0 atom stereocenters. The number of hydrogen-bond acceptors (Lipinski definition) is 1. The van der Waals surface area contributed by atoms with Crippen LogP contribution in [0.15, 0.2) is 36.9 Å². The molecular weight excluding hydrogens is 242 g/mol. The van der Waals surface area contributed by atoms with E-state index in [0.717, 1.165) is 18.4 Å². The zero-order chi connectivity index (χ0) is 14.3. The van der Waals surface area contributed by atoms with E-state index in [9.17, 15) is 0 Å². The van der Waals surface area contributed by atoms with Gasteiger partial charge in [-0.3, -0.25) is 0 Å². The van der Waals surface area contributed by atoms with Gasteiger partial charge >= 0.3 is 0 Å². The van der Waals surface area contributed by atoms with Gasteiger partial charge in [0.2, 0.25) is 0 Å². The minimum atomic E-state index is 1.01. The highest BCUT2D eigenvalue weighted by atomic mass is 14.8. The average Bonchev–Trinajstić information content (AvgIpc) is 2.47. The van der Waals surface area contributed by atoms with Crippen molar-refractivity contribution < 1.29 is 0 Å². The Morgan fingerprint density at radius 1 is 1.10 bits per heavy atom. The fraction of sp³-hybridized carbons (Fsp3) is 0.263. The van der Waals surface area contributed by atoms with Gasteiger partial charge in [-0.2, -0.15) is 0 Å². The van der Waals surface area contributed by atoms with Gasteiger partial charge in [0.25, 0.3) is 0 Å². The van der Waals surface area contributed by atoms with Crippen LogP contribution in [0.3, 0.4) is 0 Å². The summed E-state index contributed by atoms with van der Waals surface area (Å²) in [5, 5.41) is 3.32. The molecule has 0 fully saturated rings. The molecular formula is C19H21N. The number of fused-ring (bicyclic) bond motifs is 2. The van der Waals surface area contributed by atoms with Gasteiger partial charge in [-0.25, -0.2) is 0 Å². The van der Waals surface area contributed by atoms with E-state index in [4.69, 9.17) is 0 Å². The molecule has 3 rings (SSSR count). The van der Waals surface area contributed by atoms with Crippen LogP contribution in [0.4, 0.5) is 5.69 Å². The van der Waals surface area contributed by atoms with Gasteiger partial charge in [-0.05, 0) is 58.4 Å². The molecule has 0 aliphatic heterocycles. The number of hydrogen-bond donors (Lipinski definition) is 1. The van der Waals surface area contributed by atoms with Crippen LogP contribution >= 0.6 is 0 Å². The Labute approximate surface area is 121 Å². The summed E-state index contributed by atoms with van der Waals surface area (Å²) in [5.41, 5.74) is 10.7. The summed E-state index contributed by atoms with van der Waals surface area (Å²) < 4.78 is 0. The van der Waals surface area contributed by atoms with Crippen LogP contribution in [0.2, 0.25) is 0 Å². The second-order valence-corrected chi connectivity index (χ2v) is 5.48. The molecule has 0 bridgehead atoms. The Balaban J connectivity index is 2.25. The third kappa shape index (κ3) is 1.77. The van der Waals surface area contributed by atoms with E-state index >= 15 is 0 Å². The van der Waals surface area contributed by atoms with Crippen molar-refractivity contribution in [3.05, 3.63) is 70.3 Å². The van der Waals surface area contributed by atoms with Crippen molar-refractivity contribution in [2.75, 3.05) is 12.4 Å². The lowest BCUT2D eigenvalue weighted by molar-refractivity contribution is 1.02. The van der Waals surface area contributed by atoms with Crippen LogP contribution < -0.4 is 5.32 Å². The van der Waals surface area contributed by atoms with Crippen molar-refractivity contribution >= 4 is 11.3 Å². The van der Waals surface area contributed by atoms with Crippen LogP contribution in [-0.4, -0.2) is 7.05 Å². The molecule has 1 aliphatic carbocycles. The lowest BCUT2D eigenvalue weighted by Crippen LogP contribution is -2.12. The van der Waals surface area contributed by atoms with Gasteiger partial charge in [0.1, 0.15) is 0 Å². The number of nitrogens with one attached hydrogen (secondary N) is 1. The van der Waals surface area contributed by atoms with E-state index in [1.807, 2.05) is 7.05 Å². The molecule has 0 saturated heterocycles. The highest BCUT2D eigenvalue weighted by molar-refractivity contribution is 5.87. The minimum absolute atomic E-state index is 1.01. The Morgan fingerprint density at radius 3 is 2.55 bits per heavy atom. The first-order valence-corrected chi connectivity index (χ1v) is 7.28. The monoisotopic (exact) mass is 263 g/mol. The molecule has 102 valence electrons. The van der Waals surface area contributed by atoms with E-state index in [1.165, 1.54) is 39.1 Å². The number of rotatable bonds is 2. The number of anilines is 1. The van der Waals surface area contributed by atoms with Gasteiger partial charge in [0, 0.05) is 19.2 Å². The van der Waals surface area contributed by atoms with Crippen LogP contribution in [0.5, 0.6) is 0 Å². The largest absolute Gasteiger partial charge is 0.388 e. The Kier molecular flexibility index (Phi) is 3.13. The topological polar surface area (TPSA) is 12.0 Å². The van der Waals surface area contributed by atoms with Gasteiger partial charge < -0.3 is 5.32 Å². The zero-order valence-corrected chi connectivity index (χ0v) is 12.5. The van der Waals surface area contributed by atoms with E-state index in [-0.39, 0.29) is 0 Å². The van der Waals surface area contributed by atoms with Crippen molar-refractivity contribution in [2.45, 2.75) is 26.7 Å². The molecule has 0 radical (unpaired) electrons. The van der Waals surface area contributed by atoms with Crippen molar-refractivity contribution in [1.82, 2.24) is 0 Å². The summed E-state index contributed by atoms with van der Waals surface area (Å²) >= 11 is 0. The fourth-order valence-electron chi connectivity index (χ4n) is 3.40. The average molecular weight is 263 g/mol. The Hall–Kier alpha value is -2.02. The lowest BCUT2D eigenvalue weighted by atomic mass is 9.78. The molecule has 1 heteroatoms. The number of aryl methyl sites for hydroxylation is 1. The molecule has 0 heterocycles. The quantitative estimate of drug-likeness (QED) is 0.714. The highest BCUT2D eigenvalue weighted by Gasteiger charge is 2.23. The first-order chi connectivity index (χ1) is 9.67. The zero-order valence-electron chi connectivity index (χ0n) is 12.5. The van der Waals surface area contributed by atoms with Crippen LogP contribution in [-0.2, 0) is 12.8 Å². The molecule has 20 heavy (non-hydrogen) atoms. The van der Waals surface area contributed by atoms with Crippen molar-refractivity contribution in [3.8, 4) is 0 Å². The van der Waals surface area contributed by atoms with E-state index in [1.54, 1.807) is 0 Å². The summed E-state index contributed by atoms with van der Waals surface area (Å²) in [6, 6.07) is 10.9. The molecule has 2 aromatic rings. The molecule has 0 spiro atoms. The third-order valence-corrected chi connectivity index (χ3v) is 4.47. The van der Waals surface area contributed by atoms with Gasteiger partial charge in [0.05, 0.1) is 0 Å². The maximum Gasteiger partial charge on any atom is 0.0379 e. The molecule has 1 N–H and O–H groups in total. The standard InChI is InChI=1S/C19H21N/c1-5-14-12(2)9-10-16-13(3)15-7-6-8-19(20-4)18(15)11-17(14)16/h6-10,20H,3,5,11H2,1-2,4H3. The van der Waals surface area contributed by atoms with Crippen LogP contribution in [0.25, 0.3) is 5.57 Å². The normalized spacial score (nSPS) is 12.8. The van der Waals surface area contributed by atoms with E-state index < -0.39 is 0 Å². The predicted molar refractivity (Wildman–Crippen MR) is 87.5 cm³/mol. The van der Waals surface area contributed by atoms with Crippen LogP contribution in [0, 0.1) is 6.92 Å². The lowest BCUT2D eigenvalue weighted by Gasteiger charge is -2.27. The molecule has 0 aromatic heterocycles. The summed E-state index contributed by atoms with van der Waals surface area (Å²) in [5.74, 6) is 0. The third-order valence-electron chi connectivity index (χ3n) is 4.47. The molecule has 0 saturated carbocycles. The smallest absolute Gasteiger partial charge is 0.0379 e. The SMILES string of the molecule is C=C1c2cccc(NC)c2Cc2c1ccc(C)c2CC. The fourth-order valence-corrected chi connectivity index (χ4v) is 3.40. The van der Waals surface area contributed by atoms with E-state index in [2.05, 4.69) is 56.1 Å². The van der Waals surface area contributed by atoms with Gasteiger partial charge in [-0.1, -0.05) is 37.8 Å². The van der Waals surface area contributed by atoms with Crippen molar-refractivity contribution in [1.29, 1.82) is 0 Å². The molecule has 2 aromatic carbocycles. The molecule has 1 aliphatic rings. The van der Waals surface area contributed by atoms with Gasteiger partial charge in [0.15, 0.2) is 0 Å². The maximum atomic E-state index is 4.35. The van der Waals surface area contributed by atoms with Gasteiger partial charge in [-0.15, -0.1) is 0 Å². The predicted octanol–water partition coefficient (Wildman–Crippen LogP) is 4.56. The maximum absolute atomic E-state index is 4.35. The Bertz CT molecular complexity index is 695. The van der Waals surface area contributed by atoms with Crippen LogP contribution in [0.1, 0.15) is 40.3 Å². The summed E-state index contributed by atoms with van der Waals surface area (Å²) in [6.07, 6.45) is 2.09. The molecule has 1 nitrogen and oxygen atoms in total. The van der Waals surface area contributed by atoms with Crippen molar-refractivity contribution in [3.63, 3.8) is 0 Å². The summed E-state index contributed by atoms with van der Waals surface area (Å²) in [4.78, 5) is 0. The number of benzene rings is 2.